The van der Waals surface area contributed by atoms with E-state index in [2.05, 4.69) is 44.6 Å². The summed E-state index contributed by atoms with van der Waals surface area (Å²) in [5, 5.41) is 8.63. The van der Waals surface area contributed by atoms with Crippen molar-refractivity contribution in [3.63, 3.8) is 0 Å². The van der Waals surface area contributed by atoms with E-state index >= 15 is 0 Å². The van der Waals surface area contributed by atoms with Gasteiger partial charge in [-0.15, -0.1) is 11.3 Å². The van der Waals surface area contributed by atoms with Crippen LogP contribution in [0.2, 0.25) is 0 Å². The Labute approximate surface area is 226 Å². The van der Waals surface area contributed by atoms with Crippen molar-refractivity contribution < 1.29 is 9.26 Å². The predicted molar refractivity (Wildman–Crippen MR) is 153 cm³/mol. The lowest BCUT2D eigenvalue weighted by Crippen LogP contribution is -2.25. The third kappa shape index (κ3) is 5.14. The number of likely N-dealkylation sites (tertiary alicyclic amines) is 1. The van der Waals surface area contributed by atoms with E-state index in [0.29, 0.717) is 12.6 Å². The van der Waals surface area contributed by atoms with Gasteiger partial charge in [0, 0.05) is 28.7 Å². The molecular weight excluding hydrogens is 494 g/mol. The highest BCUT2D eigenvalue weighted by atomic mass is 32.1. The van der Waals surface area contributed by atoms with Gasteiger partial charge >= 0.3 is 0 Å². The Hall–Kier alpha value is -3.75. The van der Waals surface area contributed by atoms with Gasteiger partial charge in [0.15, 0.2) is 0 Å². The molecule has 0 radical (unpaired) electrons. The highest BCUT2D eigenvalue weighted by molar-refractivity contribution is 7.22. The number of ether oxygens (including phenoxy) is 1. The highest BCUT2D eigenvalue weighted by Crippen LogP contribution is 2.37. The second-order valence-corrected chi connectivity index (χ2v) is 10.9. The minimum Gasteiger partial charge on any atom is -0.492 e. The molecule has 0 unspecified atom stereocenters. The van der Waals surface area contributed by atoms with Gasteiger partial charge in [0.2, 0.25) is 5.95 Å². The number of rotatable bonds is 8. The number of thiophene rings is 1. The van der Waals surface area contributed by atoms with Crippen LogP contribution in [0.4, 0.5) is 11.6 Å². The molecule has 0 amide bonds. The average molecular weight is 526 g/mol. The van der Waals surface area contributed by atoms with Gasteiger partial charge in [0.25, 0.3) is 0 Å². The van der Waals surface area contributed by atoms with Gasteiger partial charge in [0.1, 0.15) is 18.1 Å². The molecule has 0 saturated carbocycles. The molecule has 1 N–H and O–H groups in total. The van der Waals surface area contributed by atoms with E-state index in [1.807, 2.05) is 51.2 Å². The zero-order valence-electron chi connectivity index (χ0n) is 22.0. The molecule has 0 bridgehead atoms. The lowest BCUT2D eigenvalue weighted by Gasteiger charge is -2.15. The molecule has 3 aromatic heterocycles. The smallest absolute Gasteiger partial charge is 0.227 e. The molecule has 1 aliphatic rings. The SMILES string of the molecule is Cc1cnc(Nc2ccc(OCCN3CCCC3)cc2)nc1-c1cc2cc(-c3c(C)noc3C)ccc2s1. The fourth-order valence-electron chi connectivity index (χ4n) is 5.02. The molecule has 194 valence electrons. The summed E-state index contributed by atoms with van der Waals surface area (Å²) in [6, 6.07) is 16.7. The second-order valence-electron chi connectivity index (χ2n) is 9.83. The first-order chi connectivity index (χ1) is 18.5. The summed E-state index contributed by atoms with van der Waals surface area (Å²) in [5.41, 5.74) is 5.98. The van der Waals surface area contributed by atoms with E-state index in [0.717, 1.165) is 56.7 Å². The van der Waals surface area contributed by atoms with Crippen LogP contribution in [0.25, 0.3) is 31.8 Å². The molecule has 5 aromatic rings. The Morgan fingerprint density at radius 1 is 1.03 bits per heavy atom. The van der Waals surface area contributed by atoms with Crippen molar-refractivity contribution in [2.75, 3.05) is 31.6 Å². The number of fused-ring (bicyclic) bond motifs is 1. The average Bonchev–Trinajstić information content (AvgIpc) is 3.66. The van der Waals surface area contributed by atoms with E-state index in [1.54, 1.807) is 11.3 Å². The molecule has 0 aliphatic carbocycles. The largest absolute Gasteiger partial charge is 0.492 e. The van der Waals surface area contributed by atoms with E-state index in [4.69, 9.17) is 14.2 Å². The number of aromatic nitrogens is 3. The first-order valence-corrected chi connectivity index (χ1v) is 13.9. The molecule has 2 aromatic carbocycles. The summed E-state index contributed by atoms with van der Waals surface area (Å²) >= 11 is 1.74. The molecule has 1 fully saturated rings. The Morgan fingerprint density at radius 3 is 2.61 bits per heavy atom. The maximum Gasteiger partial charge on any atom is 0.227 e. The fraction of sp³-hybridized carbons (Fsp3) is 0.300. The quantitative estimate of drug-likeness (QED) is 0.230. The Kier molecular flexibility index (Phi) is 6.82. The zero-order valence-corrected chi connectivity index (χ0v) is 22.8. The maximum atomic E-state index is 5.93. The van der Waals surface area contributed by atoms with Crippen LogP contribution in [0.5, 0.6) is 5.75 Å². The molecule has 38 heavy (non-hydrogen) atoms. The van der Waals surface area contributed by atoms with Crippen molar-refractivity contribution in [2.24, 2.45) is 0 Å². The van der Waals surface area contributed by atoms with E-state index in [-0.39, 0.29) is 0 Å². The summed E-state index contributed by atoms with van der Waals surface area (Å²) in [4.78, 5) is 13.0. The van der Waals surface area contributed by atoms with E-state index in [9.17, 15) is 0 Å². The van der Waals surface area contributed by atoms with Gasteiger partial charge in [-0.1, -0.05) is 11.2 Å². The first kappa shape index (κ1) is 24.6. The number of hydrogen-bond donors (Lipinski definition) is 1. The van der Waals surface area contributed by atoms with Crippen molar-refractivity contribution in [2.45, 2.75) is 33.6 Å². The summed E-state index contributed by atoms with van der Waals surface area (Å²) in [6.07, 6.45) is 4.48. The van der Waals surface area contributed by atoms with Crippen molar-refractivity contribution in [1.29, 1.82) is 0 Å². The number of aryl methyl sites for hydroxylation is 3. The third-order valence-electron chi connectivity index (χ3n) is 7.03. The summed E-state index contributed by atoms with van der Waals surface area (Å²) in [6.45, 7) is 10.1. The maximum absolute atomic E-state index is 5.93. The van der Waals surface area contributed by atoms with Crippen LogP contribution in [-0.4, -0.2) is 46.3 Å². The molecule has 1 saturated heterocycles. The van der Waals surface area contributed by atoms with Crippen molar-refractivity contribution in [1.82, 2.24) is 20.0 Å². The Bertz CT molecular complexity index is 1550. The molecule has 4 heterocycles. The van der Waals surface area contributed by atoms with E-state index in [1.165, 1.54) is 36.0 Å². The van der Waals surface area contributed by atoms with Crippen LogP contribution in [0, 0.1) is 20.8 Å². The third-order valence-corrected chi connectivity index (χ3v) is 8.15. The van der Waals surface area contributed by atoms with Gasteiger partial charge < -0.3 is 14.6 Å². The lowest BCUT2D eigenvalue weighted by atomic mass is 10.0. The van der Waals surface area contributed by atoms with Crippen molar-refractivity contribution >= 4 is 33.1 Å². The monoisotopic (exact) mass is 525 g/mol. The van der Waals surface area contributed by atoms with Crippen molar-refractivity contribution in [3.05, 3.63) is 71.7 Å². The highest BCUT2D eigenvalue weighted by Gasteiger charge is 2.15. The summed E-state index contributed by atoms with van der Waals surface area (Å²) in [5.74, 6) is 2.28. The molecule has 0 spiro atoms. The number of hydrogen-bond acceptors (Lipinski definition) is 8. The van der Waals surface area contributed by atoms with Gasteiger partial charge in [0.05, 0.1) is 16.3 Å². The van der Waals surface area contributed by atoms with Crippen molar-refractivity contribution in [3.8, 4) is 27.4 Å². The second kappa shape index (κ2) is 10.6. The summed E-state index contributed by atoms with van der Waals surface area (Å²) in [7, 11) is 0. The minimum absolute atomic E-state index is 0.571. The van der Waals surface area contributed by atoms with Gasteiger partial charge in [-0.3, -0.25) is 4.90 Å². The Morgan fingerprint density at radius 2 is 1.84 bits per heavy atom. The van der Waals surface area contributed by atoms with Gasteiger partial charge in [-0.2, -0.15) is 0 Å². The Balaban J connectivity index is 1.17. The number of anilines is 2. The molecule has 7 nitrogen and oxygen atoms in total. The number of nitrogens with zero attached hydrogens (tertiary/aromatic N) is 4. The van der Waals surface area contributed by atoms with Crippen LogP contribution < -0.4 is 10.1 Å². The van der Waals surface area contributed by atoms with Crippen LogP contribution >= 0.6 is 11.3 Å². The first-order valence-electron chi connectivity index (χ1n) is 13.1. The number of benzene rings is 2. The fourth-order valence-corrected chi connectivity index (χ4v) is 6.12. The standard InChI is InChI=1S/C30H31N5O2S/c1-19-18-31-30(32-24-7-9-25(10-8-24)36-15-14-35-12-4-5-13-35)33-29(19)27-17-23-16-22(6-11-26(23)38-27)28-20(2)34-37-21(28)3/h6-11,16-18H,4-5,12-15H2,1-3H3,(H,31,32,33). The normalized spacial score (nSPS) is 13.9. The molecule has 1 aliphatic heterocycles. The van der Waals surface area contributed by atoms with Gasteiger partial charge in [-0.05, 0) is 106 Å². The molecule has 8 heteroatoms. The predicted octanol–water partition coefficient (Wildman–Crippen LogP) is 7.16. The minimum atomic E-state index is 0.571. The van der Waals surface area contributed by atoms with Crippen LogP contribution in [0.15, 0.2) is 59.3 Å². The molecule has 0 atom stereocenters. The summed E-state index contributed by atoms with van der Waals surface area (Å²) < 4.78 is 12.5. The van der Waals surface area contributed by atoms with Gasteiger partial charge in [-0.25, -0.2) is 9.97 Å². The lowest BCUT2D eigenvalue weighted by molar-refractivity contribution is 0.238. The van der Waals surface area contributed by atoms with Crippen LogP contribution in [0.1, 0.15) is 29.9 Å². The van der Waals surface area contributed by atoms with Crippen LogP contribution in [-0.2, 0) is 0 Å². The van der Waals surface area contributed by atoms with Crippen LogP contribution in [0.3, 0.4) is 0 Å². The molecular formula is C30H31N5O2S. The molecule has 6 rings (SSSR count). The topological polar surface area (TPSA) is 76.3 Å². The zero-order chi connectivity index (χ0) is 26.1. The van der Waals surface area contributed by atoms with E-state index < -0.39 is 0 Å². The number of nitrogens with one attached hydrogen (secondary N) is 1.